The molecule has 0 bridgehead atoms. The van der Waals surface area contributed by atoms with Crippen molar-refractivity contribution in [2.45, 2.75) is 0 Å². The number of hydrogen-bond acceptors (Lipinski definition) is 1. The van der Waals surface area contributed by atoms with Gasteiger partial charge in [0.1, 0.15) is 5.75 Å². The maximum absolute atomic E-state index is 9.82. The summed E-state index contributed by atoms with van der Waals surface area (Å²) in [6.07, 6.45) is 0. The fourth-order valence-corrected chi connectivity index (χ4v) is 2.50. The van der Waals surface area contributed by atoms with Crippen LogP contribution in [-0.4, -0.2) is 5.11 Å². The van der Waals surface area contributed by atoms with Gasteiger partial charge in [0.2, 0.25) is 0 Å². The van der Waals surface area contributed by atoms with E-state index in [9.17, 15) is 5.11 Å². The molecule has 0 aliphatic rings. The van der Waals surface area contributed by atoms with Gasteiger partial charge in [0.25, 0.3) is 0 Å². The quantitative estimate of drug-likeness (QED) is 0.812. The molecule has 2 aromatic carbocycles. The molecule has 0 aliphatic heterocycles. The molecule has 0 amide bonds. The summed E-state index contributed by atoms with van der Waals surface area (Å²) >= 11 is 6.91. The molecule has 0 heterocycles. The third kappa shape index (κ3) is 2.08. The fraction of sp³-hybridized carbons (Fsp3) is 0. The van der Waals surface area contributed by atoms with Crippen LogP contribution in [-0.2, 0) is 0 Å². The Balaban J connectivity index is 2.69. The van der Waals surface area contributed by atoms with Gasteiger partial charge in [0.15, 0.2) is 0 Å². The highest BCUT2D eigenvalue weighted by molar-refractivity contribution is 9.11. The van der Waals surface area contributed by atoms with Gasteiger partial charge in [-0.3, -0.25) is 0 Å². The standard InChI is InChI=1S/C12H8Br2O/c13-9-5-2-1-4-8(9)12-10(14)6-3-7-11(12)15/h1-7,15H. The van der Waals surface area contributed by atoms with Crippen LogP contribution >= 0.6 is 31.9 Å². The van der Waals surface area contributed by atoms with E-state index in [-0.39, 0.29) is 5.75 Å². The van der Waals surface area contributed by atoms with E-state index in [4.69, 9.17) is 0 Å². The van der Waals surface area contributed by atoms with Gasteiger partial charge in [0.05, 0.1) is 0 Å². The first-order valence-corrected chi connectivity index (χ1v) is 6.01. The SMILES string of the molecule is Oc1cccc(Br)c1-c1ccccc1Br. The molecular weight excluding hydrogens is 320 g/mol. The van der Waals surface area contributed by atoms with Gasteiger partial charge in [0, 0.05) is 20.1 Å². The van der Waals surface area contributed by atoms with Crippen molar-refractivity contribution in [1.29, 1.82) is 0 Å². The lowest BCUT2D eigenvalue weighted by atomic mass is 10.1. The molecule has 0 fully saturated rings. The van der Waals surface area contributed by atoms with Crippen LogP contribution in [0.5, 0.6) is 5.75 Å². The van der Waals surface area contributed by atoms with Crippen molar-refractivity contribution in [3.8, 4) is 16.9 Å². The third-order valence-electron chi connectivity index (χ3n) is 2.13. The summed E-state index contributed by atoms with van der Waals surface area (Å²) in [5.74, 6) is 0.274. The van der Waals surface area contributed by atoms with Crippen molar-refractivity contribution in [2.24, 2.45) is 0 Å². The Morgan fingerprint density at radius 3 is 2.13 bits per heavy atom. The van der Waals surface area contributed by atoms with Gasteiger partial charge in [-0.15, -0.1) is 0 Å². The van der Waals surface area contributed by atoms with Crippen LogP contribution in [0.2, 0.25) is 0 Å². The number of rotatable bonds is 1. The number of aromatic hydroxyl groups is 1. The zero-order chi connectivity index (χ0) is 10.8. The molecule has 3 heteroatoms. The number of phenolic OH excluding ortho intramolecular Hbond substituents is 1. The Bertz CT molecular complexity index is 474. The van der Waals surface area contributed by atoms with Crippen LogP contribution < -0.4 is 0 Å². The first kappa shape index (κ1) is 10.7. The summed E-state index contributed by atoms with van der Waals surface area (Å²) in [5, 5.41) is 9.82. The van der Waals surface area contributed by atoms with Gasteiger partial charge >= 0.3 is 0 Å². The van der Waals surface area contributed by atoms with Crippen LogP contribution in [0, 0.1) is 0 Å². The van der Waals surface area contributed by atoms with Gasteiger partial charge in [-0.1, -0.05) is 56.1 Å². The minimum Gasteiger partial charge on any atom is -0.507 e. The summed E-state index contributed by atoms with van der Waals surface area (Å²) in [5.41, 5.74) is 1.78. The average molecular weight is 328 g/mol. The molecule has 0 aromatic heterocycles. The van der Waals surface area contributed by atoms with Gasteiger partial charge in [-0.2, -0.15) is 0 Å². The van der Waals surface area contributed by atoms with Crippen LogP contribution in [0.1, 0.15) is 0 Å². The molecule has 0 aliphatic carbocycles. The smallest absolute Gasteiger partial charge is 0.124 e. The first-order chi connectivity index (χ1) is 7.20. The first-order valence-electron chi connectivity index (χ1n) is 4.42. The molecule has 0 unspecified atom stereocenters. The van der Waals surface area contributed by atoms with Crippen molar-refractivity contribution < 1.29 is 5.11 Å². The predicted octanol–water partition coefficient (Wildman–Crippen LogP) is 4.58. The van der Waals surface area contributed by atoms with Crippen molar-refractivity contribution >= 4 is 31.9 Å². The molecule has 15 heavy (non-hydrogen) atoms. The van der Waals surface area contributed by atoms with E-state index >= 15 is 0 Å². The normalized spacial score (nSPS) is 10.3. The summed E-state index contributed by atoms with van der Waals surface area (Å²) < 4.78 is 1.85. The van der Waals surface area contributed by atoms with Crippen molar-refractivity contribution in [1.82, 2.24) is 0 Å². The van der Waals surface area contributed by atoms with Crippen molar-refractivity contribution in [3.05, 3.63) is 51.4 Å². The van der Waals surface area contributed by atoms with Crippen LogP contribution in [0.3, 0.4) is 0 Å². The molecule has 0 spiro atoms. The second-order valence-electron chi connectivity index (χ2n) is 3.11. The zero-order valence-corrected chi connectivity index (χ0v) is 10.9. The lowest BCUT2D eigenvalue weighted by Gasteiger charge is -2.08. The van der Waals surface area contributed by atoms with Crippen LogP contribution in [0.4, 0.5) is 0 Å². The fourth-order valence-electron chi connectivity index (χ4n) is 1.44. The second kappa shape index (κ2) is 4.37. The summed E-state index contributed by atoms with van der Waals surface area (Å²) in [4.78, 5) is 0. The molecule has 0 atom stereocenters. The van der Waals surface area contributed by atoms with Crippen molar-refractivity contribution in [3.63, 3.8) is 0 Å². The maximum atomic E-state index is 9.82. The summed E-state index contributed by atoms with van der Waals surface area (Å²) in [6, 6.07) is 13.2. The van der Waals surface area contributed by atoms with E-state index in [0.29, 0.717) is 0 Å². The minimum absolute atomic E-state index is 0.274. The predicted molar refractivity (Wildman–Crippen MR) is 68.9 cm³/mol. The number of phenols is 1. The van der Waals surface area contributed by atoms with E-state index < -0.39 is 0 Å². The Kier molecular flexibility index (Phi) is 3.12. The Labute approximate surface area is 105 Å². The van der Waals surface area contributed by atoms with Crippen molar-refractivity contribution in [2.75, 3.05) is 0 Å². The summed E-state index contributed by atoms with van der Waals surface area (Å²) in [6.45, 7) is 0. The number of benzene rings is 2. The van der Waals surface area contributed by atoms with E-state index in [1.165, 1.54) is 0 Å². The lowest BCUT2D eigenvalue weighted by Crippen LogP contribution is -1.82. The molecule has 0 saturated carbocycles. The van der Waals surface area contributed by atoms with Gasteiger partial charge in [-0.25, -0.2) is 0 Å². The Morgan fingerprint density at radius 1 is 0.800 bits per heavy atom. The molecule has 2 aromatic rings. The molecule has 76 valence electrons. The number of halogens is 2. The maximum Gasteiger partial charge on any atom is 0.124 e. The highest BCUT2D eigenvalue weighted by atomic mass is 79.9. The molecular formula is C12H8Br2O. The number of hydrogen-bond donors (Lipinski definition) is 1. The third-order valence-corrected chi connectivity index (χ3v) is 3.49. The zero-order valence-electron chi connectivity index (χ0n) is 7.74. The summed E-state index contributed by atoms with van der Waals surface area (Å²) in [7, 11) is 0. The average Bonchev–Trinajstić information content (AvgIpc) is 2.20. The highest BCUT2D eigenvalue weighted by Gasteiger charge is 2.10. The van der Waals surface area contributed by atoms with Gasteiger partial charge < -0.3 is 5.11 Å². The van der Waals surface area contributed by atoms with E-state index in [1.807, 2.05) is 30.3 Å². The monoisotopic (exact) mass is 326 g/mol. The molecule has 1 N–H and O–H groups in total. The Morgan fingerprint density at radius 2 is 1.47 bits per heavy atom. The molecule has 0 saturated heterocycles. The van der Waals surface area contributed by atoms with Gasteiger partial charge in [-0.05, 0) is 18.2 Å². The molecule has 1 nitrogen and oxygen atoms in total. The van der Waals surface area contributed by atoms with Crippen LogP contribution in [0.15, 0.2) is 51.4 Å². The largest absolute Gasteiger partial charge is 0.507 e. The van der Waals surface area contributed by atoms with E-state index in [1.54, 1.807) is 12.1 Å². The topological polar surface area (TPSA) is 20.2 Å². The lowest BCUT2D eigenvalue weighted by molar-refractivity contribution is 0.477. The second-order valence-corrected chi connectivity index (χ2v) is 4.82. The Hall–Kier alpha value is -0.800. The van der Waals surface area contributed by atoms with Crippen LogP contribution in [0.25, 0.3) is 11.1 Å². The molecule has 0 radical (unpaired) electrons. The minimum atomic E-state index is 0.274. The molecule has 2 rings (SSSR count). The van der Waals surface area contributed by atoms with E-state index in [2.05, 4.69) is 31.9 Å². The van der Waals surface area contributed by atoms with E-state index in [0.717, 1.165) is 20.1 Å². The highest BCUT2D eigenvalue weighted by Crippen LogP contribution is 2.39.